The van der Waals surface area contributed by atoms with Crippen LogP contribution in [-0.4, -0.2) is 17.9 Å². The summed E-state index contributed by atoms with van der Waals surface area (Å²) in [4.78, 5) is 36.7. The number of carbonyl (C=O) groups is 3. The van der Waals surface area contributed by atoms with Gasteiger partial charge in [0, 0.05) is 33.7 Å². The number of fused-ring (bicyclic) bond motifs is 1. The van der Waals surface area contributed by atoms with Crippen LogP contribution in [-0.2, 0) is 14.4 Å². The lowest BCUT2D eigenvalue weighted by atomic mass is 9.96. The van der Waals surface area contributed by atoms with Crippen molar-refractivity contribution in [3.63, 3.8) is 0 Å². The second-order valence-electron chi connectivity index (χ2n) is 8.00. The van der Waals surface area contributed by atoms with E-state index in [4.69, 9.17) is 14.2 Å². The van der Waals surface area contributed by atoms with Crippen LogP contribution in [0.2, 0.25) is 0 Å². The van der Waals surface area contributed by atoms with Crippen LogP contribution < -0.4 is 14.2 Å². The van der Waals surface area contributed by atoms with E-state index in [0.29, 0.717) is 28.7 Å². The molecule has 0 fully saturated rings. The van der Waals surface area contributed by atoms with E-state index in [1.807, 2.05) is 24.3 Å². The molecular formula is C29H26O6. The molecular weight excluding hydrogens is 444 g/mol. The Kier molecular flexibility index (Phi) is 7.66. The third-order valence-electron chi connectivity index (χ3n) is 5.16. The topological polar surface area (TPSA) is 78.9 Å². The maximum absolute atomic E-state index is 12.6. The fraction of sp³-hybridized carbons (Fsp3) is 0.138. The number of hydrogen-bond donors (Lipinski definition) is 0. The first-order chi connectivity index (χ1) is 16.6. The quantitative estimate of drug-likeness (QED) is 0.217. The van der Waals surface area contributed by atoms with Crippen LogP contribution in [0.15, 0.2) is 91.1 Å². The van der Waals surface area contributed by atoms with Gasteiger partial charge in [0.1, 0.15) is 17.2 Å². The summed E-state index contributed by atoms with van der Waals surface area (Å²) in [7, 11) is 0. The maximum atomic E-state index is 12.6. The van der Waals surface area contributed by atoms with Crippen LogP contribution >= 0.6 is 0 Å². The van der Waals surface area contributed by atoms with Gasteiger partial charge in [0.25, 0.3) is 0 Å². The SMILES string of the molecule is C=C(C)C(=O)Oc1ccc(-c2ccc(OC(=O)C(=C)C)c3ccccc23)c(OC(=O)C(=C)CC)c1. The molecule has 3 rings (SSSR count). The predicted molar refractivity (Wildman–Crippen MR) is 135 cm³/mol. The van der Waals surface area contributed by atoms with E-state index in [1.165, 1.54) is 13.0 Å². The first-order valence-electron chi connectivity index (χ1n) is 10.9. The third-order valence-corrected chi connectivity index (χ3v) is 5.16. The molecule has 0 saturated carbocycles. The fourth-order valence-electron chi connectivity index (χ4n) is 3.17. The first kappa shape index (κ1) is 25.2. The Morgan fingerprint density at radius 2 is 1.26 bits per heavy atom. The Labute approximate surface area is 204 Å². The molecule has 6 nitrogen and oxygen atoms in total. The molecule has 0 radical (unpaired) electrons. The van der Waals surface area contributed by atoms with Crippen molar-refractivity contribution in [3.05, 3.63) is 91.1 Å². The number of hydrogen-bond acceptors (Lipinski definition) is 6. The monoisotopic (exact) mass is 470 g/mol. The first-order valence-corrected chi connectivity index (χ1v) is 10.9. The van der Waals surface area contributed by atoms with Gasteiger partial charge in [0.15, 0.2) is 0 Å². The minimum absolute atomic E-state index is 0.188. The Balaban J connectivity index is 2.16. The molecule has 0 unspecified atom stereocenters. The number of rotatable bonds is 8. The minimum Gasteiger partial charge on any atom is -0.423 e. The number of ether oxygens (including phenoxy) is 3. The zero-order valence-electron chi connectivity index (χ0n) is 20.0. The van der Waals surface area contributed by atoms with Crippen LogP contribution in [0.25, 0.3) is 21.9 Å². The van der Waals surface area contributed by atoms with Gasteiger partial charge >= 0.3 is 17.9 Å². The van der Waals surface area contributed by atoms with E-state index in [0.717, 1.165) is 10.9 Å². The van der Waals surface area contributed by atoms with E-state index >= 15 is 0 Å². The number of esters is 3. The van der Waals surface area contributed by atoms with Crippen LogP contribution in [0.3, 0.4) is 0 Å². The summed E-state index contributed by atoms with van der Waals surface area (Å²) in [6, 6.07) is 15.6. The highest BCUT2D eigenvalue weighted by atomic mass is 16.5. The molecule has 35 heavy (non-hydrogen) atoms. The van der Waals surface area contributed by atoms with Crippen molar-refractivity contribution in [2.45, 2.75) is 27.2 Å². The van der Waals surface area contributed by atoms with E-state index in [-0.39, 0.29) is 22.6 Å². The Bertz CT molecular complexity index is 1380. The summed E-state index contributed by atoms with van der Waals surface area (Å²) in [6.07, 6.45) is 0.421. The summed E-state index contributed by atoms with van der Waals surface area (Å²) >= 11 is 0. The summed E-state index contributed by atoms with van der Waals surface area (Å²) in [6.45, 7) is 15.9. The Morgan fingerprint density at radius 1 is 0.686 bits per heavy atom. The average molecular weight is 471 g/mol. The summed E-state index contributed by atoms with van der Waals surface area (Å²) in [5.74, 6) is -0.950. The van der Waals surface area contributed by atoms with Crippen molar-refractivity contribution >= 4 is 28.7 Å². The molecule has 178 valence electrons. The van der Waals surface area contributed by atoms with Crippen LogP contribution in [0.4, 0.5) is 0 Å². The van der Waals surface area contributed by atoms with Crippen LogP contribution in [0.5, 0.6) is 17.2 Å². The van der Waals surface area contributed by atoms with Gasteiger partial charge in [-0.1, -0.05) is 50.9 Å². The molecule has 0 N–H and O–H groups in total. The van der Waals surface area contributed by atoms with Gasteiger partial charge in [0.2, 0.25) is 0 Å². The molecule has 6 heteroatoms. The van der Waals surface area contributed by atoms with E-state index < -0.39 is 17.9 Å². The van der Waals surface area contributed by atoms with Crippen LogP contribution in [0, 0.1) is 0 Å². The lowest BCUT2D eigenvalue weighted by Crippen LogP contribution is -2.12. The van der Waals surface area contributed by atoms with Gasteiger partial charge in [0.05, 0.1) is 0 Å². The third kappa shape index (κ3) is 5.73. The fourth-order valence-corrected chi connectivity index (χ4v) is 3.17. The molecule has 0 saturated heterocycles. The van der Waals surface area contributed by atoms with Crippen LogP contribution in [0.1, 0.15) is 27.2 Å². The van der Waals surface area contributed by atoms with Crippen molar-refractivity contribution in [1.82, 2.24) is 0 Å². The van der Waals surface area contributed by atoms with Crippen molar-refractivity contribution in [2.24, 2.45) is 0 Å². The lowest BCUT2D eigenvalue weighted by molar-refractivity contribution is -0.131. The van der Waals surface area contributed by atoms with Gasteiger partial charge in [-0.05, 0) is 55.5 Å². The second kappa shape index (κ2) is 10.7. The van der Waals surface area contributed by atoms with E-state index in [1.54, 1.807) is 38.1 Å². The van der Waals surface area contributed by atoms with Gasteiger partial charge in [-0.25, -0.2) is 14.4 Å². The lowest BCUT2D eigenvalue weighted by Gasteiger charge is -2.16. The molecule has 3 aromatic rings. The van der Waals surface area contributed by atoms with Gasteiger partial charge in [-0.15, -0.1) is 0 Å². The standard InChI is InChI=1S/C29H26O6/c1-7-19(6)29(32)35-26-16-20(33-27(30)17(2)3)12-13-24(26)22-14-15-25(34-28(31)18(4)5)23-11-9-8-10-21(22)23/h8-16H,2,4,6-7H2,1,3,5H3. The van der Waals surface area contributed by atoms with Gasteiger partial charge < -0.3 is 14.2 Å². The highest BCUT2D eigenvalue weighted by Gasteiger charge is 2.19. The van der Waals surface area contributed by atoms with Crippen molar-refractivity contribution in [2.75, 3.05) is 0 Å². The van der Waals surface area contributed by atoms with Gasteiger partial charge in [-0.2, -0.15) is 0 Å². The highest BCUT2D eigenvalue weighted by Crippen LogP contribution is 2.40. The number of carbonyl (C=O) groups excluding carboxylic acids is 3. The summed E-state index contributed by atoms with van der Waals surface area (Å²) in [5, 5.41) is 1.45. The molecule has 0 aromatic heterocycles. The molecule has 0 atom stereocenters. The summed E-state index contributed by atoms with van der Waals surface area (Å²) in [5.41, 5.74) is 2.11. The minimum atomic E-state index is -0.595. The molecule has 0 bridgehead atoms. The normalized spacial score (nSPS) is 10.4. The highest BCUT2D eigenvalue weighted by molar-refractivity contribution is 6.03. The molecule has 3 aromatic carbocycles. The van der Waals surface area contributed by atoms with Gasteiger partial charge in [-0.3, -0.25) is 0 Å². The molecule has 0 aliphatic rings. The largest absolute Gasteiger partial charge is 0.423 e. The second-order valence-corrected chi connectivity index (χ2v) is 8.00. The molecule has 0 heterocycles. The predicted octanol–water partition coefficient (Wildman–Crippen LogP) is 6.34. The number of benzene rings is 3. The Hall–Kier alpha value is -4.45. The smallest absolute Gasteiger partial charge is 0.338 e. The molecule has 0 aliphatic carbocycles. The maximum Gasteiger partial charge on any atom is 0.338 e. The van der Waals surface area contributed by atoms with E-state index in [9.17, 15) is 14.4 Å². The van der Waals surface area contributed by atoms with Crippen molar-refractivity contribution in [3.8, 4) is 28.4 Å². The van der Waals surface area contributed by atoms with Crippen molar-refractivity contribution < 1.29 is 28.6 Å². The molecule has 0 spiro atoms. The Morgan fingerprint density at radius 3 is 1.89 bits per heavy atom. The van der Waals surface area contributed by atoms with Crippen molar-refractivity contribution in [1.29, 1.82) is 0 Å². The average Bonchev–Trinajstić information content (AvgIpc) is 2.84. The molecule has 0 amide bonds. The molecule has 0 aliphatic heterocycles. The van der Waals surface area contributed by atoms with E-state index in [2.05, 4.69) is 19.7 Å². The summed E-state index contributed by atoms with van der Waals surface area (Å²) < 4.78 is 16.5. The zero-order valence-corrected chi connectivity index (χ0v) is 20.0. The zero-order chi connectivity index (χ0) is 25.7.